The van der Waals surface area contributed by atoms with Crippen molar-refractivity contribution in [1.82, 2.24) is 10.9 Å². The van der Waals surface area contributed by atoms with Crippen LogP contribution in [0.4, 0.5) is 0 Å². The first-order chi connectivity index (χ1) is 8.33. The van der Waals surface area contributed by atoms with Gasteiger partial charge in [0.25, 0.3) is 0 Å². The molecule has 0 aromatic rings. The monoisotopic (exact) mass is 238 g/mol. The van der Waals surface area contributed by atoms with Crippen molar-refractivity contribution >= 4 is 0 Å². The van der Waals surface area contributed by atoms with Gasteiger partial charge in [-0.05, 0) is 25.2 Å². The van der Waals surface area contributed by atoms with Gasteiger partial charge in [0.2, 0.25) is 0 Å². The zero-order valence-electron chi connectivity index (χ0n) is 11.7. The zero-order valence-corrected chi connectivity index (χ0v) is 11.7. The van der Waals surface area contributed by atoms with E-state index in [1.165, 1.54) is 51.4 Å². The average molecular weight is 238 g/mol. The standard InChI is InChI=1S/C15H30N2/c1-3-4-5-6-7-8-11-16-17-13-15-10-9-14(2)12-15/h10,14,16-17H,3-9,11-13H2,1-2H3. The lowest BCUT2D eigenvalue weighted by molar-refractivity contribution is 0.510. The topological polar surface area (TPSA) is 24.1 Å². The van der Waals surface area contributed by atoms with E-state index in [-0.39, 0.29) is 0 Å². The zero-order chi connectivity index (χ0) is 12.3. The minimum Gasteiger partial charge on any atom is -0.258 e. The Morgan fingerprint density at radius 1 is 1.12 bits per heavy atom. The van der Waals surface area contributed by atoms with Gasteiger partial charge >= 0.3 is 0 Å². The fourth-order valence-corrected chi connectivity index (χ4v) is 2.38. The largest absolute Gasteiger partial charge is 0.258 e. The van der Waals surface area contributed by atoms with Crippen molar-refractivity contribution in [3.8, 4) is 0 Å². The van der Waals surface area contributed by atoms with Crippen molar-refractivity contribution in [3.63, 3.8) is 0 Å². The Labute approximate surface area is 107 Å². The summed E-state index contributed by atoms with van der Waals surface area (Å²) in [6.45, 7) is 6.73. The van der Waals surface area contributed by atoms with Crippen molar-refractivity contribution in [3.05, 3.63) is 11.6 Å². The molecule has 0 aliphatic heterocycles. The van der Waals surface area contributed by atoms with Gasteiger partial charge in [0, 0.05) is 13.1 Å². The Morgan fingerprint density at radius 3 is 2.59 bits per heavy atom. The van der Waals surface area contributed by atoms with Gasteiger partial charge in [-0.1, -0.05) is 57.6 Å². The molecule has 2 N–H and O–H groups in total. The molecule has 1 aliphatic carbocycles. The maximum absolute atomic E-state index is 3.33. The van der Waals surface area contributed by atoms with Crippen molar-refractivity contribution in [2.45, 2.75) is 65.2 Å². The second kappa shape index (κ2) is 9.67. The highest BCUT2D eigenvalue weighted by molar-refractivity contribution is 5.10. The number of rotatable bonds is 10. The molecule has 2 nitrogen and oxygen atoms in total. The highest BCUT2D eigenvalue weighted by atomic mass is 15.3. The SMILES string of the molecule is CCCCCCCCNNCC1=CCC(C)C1. The molecular weight excluding hydrogens is 208 g/mol. The van der Waals surface area contributed by atoms with Gasteiger partial charge in [0.1, 0.15) is 0 Å². The summed E-state index contributed by atoms with van der Waals surface area (Å²) in [7, 11) is 0. The predicted molar refractivity (Wildman–Crippen MR) is 75.9 cm³/mol. The molecule has 1 atom stereocenters. The second-order valence-electron chi connectivity index (χ2n) is 5.46. The van der Waals surface area contributed by atoms with Gasteiger partial charge in [-0.25, -0.2) is 0 Å². The summed E-state index contributed by atoms with van der Waals surface area (Å²) in [5.41, 5.74) is 8.24. The van der Waals surface area contributed by atoms with E-state index in [4.69, 9.17) is 0 Å². The van der Waals surface area contributed by atoms with Gasteiger partial charge in [-0.3, -0.25) is 10.9 Å². The molecule has 17 heavy (non-hydrogen) atoms. The molecule has 100 valence electrons. The molecule has 1 rings (SSSR count). The smallest absolute Gasteiger partial charge is 0.0310 e. The molecule has 0 amide bonds. The fourth-order valence-electron chi connectivity index (χ4n) is 2.38. The molecule has 0 spiro atoms. The van der Waals surface area contributed by atoms with E-state index in [1.807, 2.05) is 0 Å². The molecular formula is C15H30N2. The van der Waals surface area contributed by atoms with Crippen LogP contribution < -0.4 is 10.9 Å². The normalized spacial score (nSPS) is 19.6. The third-order valence-electron chi connectivity index (χ3n) is 3.52. The summed E-state index contributed by atoms with van der Waals surface area (Å²) < 4.78 is 0. The lowest BCUT2D eigenvalue weighted by Gasteiger charge is -2.08. The number of hydrogen-bond donors (Lipinski definition) is 2. The van der Waals surface area contributed by atoms with Crippen molar-refractivity contribution in [2.75, 3.05) is 13.1 Å². The summed E-state index contributed by atoms with van der Waals surface area (Å²) >= 11 is 0. The molecule has 1 unspecified atom stereocenters. The van der Waals surface area contributed by atoms with Gasteiger partial charge in [-0.2, -0.15) is 0 Å². The quantitative estimate of drug-likeness (QED) is 0.344. The van der Waals surface area contributed by atoms with Crippen molar-refractivity contribution in [2.24, 2.45) is 5.92 Å². The molecule has 1 aliphatic rings. The fraction of sp³-hybridized carbons (Fsp3) is 0.867. The van der Waals surface area contributed by atoms with Crippen molar-refractivity contribution in [1.29, 1.82) is 0 Å². The molecule has 0 aromatic heterocycles. The van der Waals surface area contributed by atoms with Gasteiger partial charge in [0.15, 0.2) is 0 Å². The Hall–Kier alpha value is -0.340. The van der Waals surface area contributed by atoms with Crippen LogP contribution in [0.15, 0.2) is 11.6 Å². The van der Waals surface area contributed by atoms with E-state index in [2.05, 4.69) is 30.8 Å². The van der Waals surface area contributed by atoms with Crippen LogP contribution >= 0.6 is 0 Å². The Bertz CT molecular complexity index is 211. The third-order valence-corrected chi connectivity index (χ3v) is 3.52. The van der Waals surface area contributed by atoms with E-state index in [0.717, 1.165) is 19.0 Å². The third kappa shape index (κ3) is 7.56. The molecule has 0 saturated carbocycles. The molecule has 0 radical (unpaired) electrons. The number of hydrogen-bond acceptors (Lipinski definition) is 2. The first-order valence-corrected chi connectivity index (χ1v) is 7.46. The first kappa shape index (κ1) is 14.7. The maximum atomic E-state index is 3.33. The van der Waals surface area contributed by atoms with E-state index in [0.29, 0.717) is 0 Å². The minimum absolute atomic E-state index is 0.866. The molecule has 0 saturated heterocycles. The van der Waals surface area contributed by atoms with Gasteiger partial charge in [0.05, 0.1) is 0 Å². The summed E-state index contributed by atoms with van der Waals surface area (Å²) in [5, 5.41) is 0. The molecule has 2 heteroatoms. The maximum Gasteiger partial charge on any atom is 0.0310 e. The Morgan fingerprint density at radius 2 is 1.88 bits per heavy atom. The Kier molecular flexibility index (Phi) is 8.37. The Balaban J connectivity index is 1.79. The lowest BCUT2D eigenvalue weighted by Crippen LogP contribution is -2.33. The second-order valence-corrected chi connectivity index (χ2v) is 5.46. The van der Waals surface area contributed by atoms with Crippen molar-refractivity contribution < 1.29 is 0 Å². The van der Waals surface area contributed by atoms with Crippen LogP contribution in [0.3, 0.4) is 0 Å². The average Bonchev–Trinajstić information content (AvgIpc) is 2.73. The molecule has 0 bridgehead atoms. The molecule has 0 aromatic carbocycles. The molecule has 0 fully saturated rings. The minimum atomic E-state index is 0.866. The predicted octanol–water partition coefficient (Wildman–Crippen LogP) is 3.80. The number of unbranched alkanes of at least 4 members (excludes halogenated alkanes) is 5. The van der Waals surface area contributed by atoms with Gasteiger partial charge in [-0.15, -0.1) is 0 Å². The van der Waals surface area contributed by atoms with Crippen LogP contribution in [-0.4, -0.2) is 13.1 Å². The number of allylic oxidation sites excluding steroid dienone is 1. The van der Waals surface area contributed by atoms with E-state index in [9.17, 15) is 0 Å². The summed E-state index contributed by atoms with van der Waals surface area (Å²) in [4.78, 5) is 0. The van der Waals surface area contributed by atoms with Crippen LogP contribution in [0.25, 0.3) is 0 Å². The van der Waals surface area contributed by atoms with Crippen LogP contribution in [-0.2, 0) is 0 Å². The highest BCUT2D eigenvalue weighted by Crippen LogP contribution is 2.22. The summed E-state index contributed by atoms with van der Waals surface area (Å²) in [6, 6.07) is 0. The molecule has 0 heterocycles. The number of nitrogens with one attached hydrogen (secondary N) is 2. The van der Waals surface area contributed by atoms with Crippen LogP contribution in [0.5, 0.6) is 0 Å². The van der Waals surface area contributed by atoms with E-state index in [1.54, 1.807) is 5.57 Å². The van der Waals surface area contributed by atoms with Gasteiger partial charge < -0.3 is 0 Å². The van der Waals surface area contributed by atoms with Crippen LogP contribution in [0.1, 0.15) is 65.2 Å². The summed E-state index contributed by atoms with van der Waals surface area (Å²) in [5.74, 6) is 0.866. The van der Waals surface area contributed by atoms with E-state index < -0.39 is 0 Å². The highest BCUT2D eigenvalue weighted by Gasteiger charge is 2.11. The lowest BCUT2D eigenvalue weighted by atomic mass is 10.1. The van der Waals surface area contributed by atoms with E-state index >= 15 is 0 Å². The summed E-state index contributed by atoms with van der Waals surface area (Å²) in [6.07, 6.45) is 13.2. The number of hydrazine groups is 1. The first-order valence-electron chi connectivity index (χ1n) is 7.46. The van der Waals surface area contributed by atoms with Crippen LogP contribution in [0, 0.1) is 5.92 Å². The van der Waals surface area contributed by atoms with Crippen LogP contribution in [0.2, 0.25) is 0 Å².